The molecule has 1 unspecified atom stereocenters. The number of aromatic amines is 1. The topological polar surface area (TPSA) is 127 Å². The van der Waals surface area contributed by atoms with Crippen LogP contribution in [0.4, 0.5) is 14.6 Å². The Morgan fingerprint density at radius 3 is 2.49 bits per heavy atom. The normalized spacial score (nSPS) is 15.5. The molecular formula is C27H27F2N5O4S. The zero-order valence-corrected chi connectivity index (χ0v) is 22.4. The molecule has 204 valence electrons. The Labute approximate surface area is 224 Å². The number of nitrogens with one attached hydrogen (secondary N) is 2. The summed E-state index contributed by atoms with van der Waals surface area (Å²) in [6, 6.07) is 5.59. The number of hydrogen-bond acceptors (Lipinski definition) is 8. The number of hydrogen-bond donors (Lipinski definition) is 2. The molecule has 39 heavy (non-hydrogen) atoms. The third-order valence-electron chi connectivity index (χ3n) is 7.44. The van der Waals surface area contributed by atoms with Crippen LogP contribution in [0.5, 0.6) is 0 Å². The van der Waals surface area contributed by atoms with Gasteiger partial charge in [0.05, 0.1) is 36.2 Å². The molecule has 2 N–H and O–H groups in total. The Morgan fingerprint density at radius 1 is 1.15 bits per heavy atom. The van der Waals surface area contributed by atoms with Crippen molar-refractivity contribution in [3.8, 4) is 11.4 Å². The molecule has 3 heterocycles. The summed E-state index contributed by atoms with van der Waals surface area (Å²) in [7, 11) is -3.02. The number of ether oxygens (including phenoxy) is 1. The smallest absolute Gasteiger partial charge is 0.307 e. The standard InChI is InChI=1S/C27H27F2N5O4S/c1-15-5-7-16(8-6-15)39(36,37)23-18(28)13-32-26-22(23)17(12-30-26)24-31-14-19(29)25(34-24)33-20(11-21(35)38-3)27(2)9-4-10-27/h5-8,12-14,20H,4,9-11H2,1-3H3,(H,30,32)(H,31,33,34). The number of benzene rings is 1. The van der Waals surface area contributed by atoms with Gasteiger partial charge in [0.1, 0.15) is 10.5 Å². The predicted molar refractivity (Wildman–Crippen MR) is 140 cm³/mol. The van der Waals surface area contributed by atoms with Gasteiger partial charge in [0, 0.05) is 17.8 Å². The quantitative estimate of drug-likeness (QED) is 0.292. The number of anilines is 1. The van der Waals surface area contributed by atoms with E-state index < -0.39 is 38.4 Å². The van der Waals surface area contributed by atoms with E-state index in [1.165, 1.54) is 25.4 Å². The number of H-pyrrole nitrogens is 1. The summed E-state index contributed by atoms with van der Waals surface area (Å²) < 4.78 is 62.1. The van der Waals surface area contributed by atoms with Gasteiger partial charge in [-0.05, 0) is 37.3 Å². The monoisotopic (exact) mass is 555 g/mol. The SMILES string of the molecule is COC(=O)CC(Nc1nc(-c2c[nH]c3ncc(F)c(S(=O)(=O)c4ccc(C)cc4)c23)ncc1F)C1(C)CCC1. The second-order valence-corrected chi connectivity index (χ2v) is 11.9. The van der Waals surface area contributed by atoms with Crippen LogP contribution < -0.4 is 5.32 Å². The molecule has 0 bridgehead atoms. The lowest BCUT2D eigenvalue weighted by Gasteiger charge is -2.45. The number of nitrogens with zero attached hydrogens (tertiary/aromatic N) is 3. The summed E-state index contributed by atoms with van der Waals surface area (Å²) in [5.41, 5.74) is 0.808. The van der Waals surface area contributed by atoms with Crippen molar-refractivity contribution in [2.24, 2.45) is 5.41 Å². The Morgan fingerprint density at radius 2 is 1.85 bits per heavy atom. The molecule has 1 atom stereocenters. The van der Waals surface area contributed by atoms with Crippen LogP contribution in [0.2, 0.25) is 0 Å². The number of aryl methyl sites for hydroxylation is 1. The Kier molecular flexibility index (Phi) is 6.83. The fraction of sp³-hybridized carbons (Fsp3) is 0.333. The van der Waals surface area contributed by atoms with E-state index in [1.54, 1.807) is 12.1 Å². The van der Waals surface area contributed by atoms with Crippen LogP contribution in [0, 0.1) is 24.0 Å². The molecule has 1 aliphatic carbocycles. The summed E-state index contributed by atoms with van der Waals surface area (Å²) >= 11 is 0. The van der Waals surface area contributed by atoms with Gasteiger partial charge in [0.25, 0.3) is 0 Å². The number of sulfone groups is 1. The first kappa shape index (κ1) is 26.7. The molecule has 4 aromatic rings. The highest BCUT2D eigenvalue weighted by atomic mass is 32.2. The van der Waals surface area contributed by atoms with Gasteiger partial charge in [-0.25, -0.2) is 32.2 Å². The zero-order valence-electron chi connectivity index (χ0n) is 21.6. The second-order valence-electron chi connectivity index (χ2n) is 10.1. The first-order valence-corrected chi connectivity index (χ1v) is 13.9. The average Bonchev–Trinajstić information content (AvgIpc) is 3.31. The van der Waals surface area contributed by atoms with Gasteiger partial charge in [-0.1, -0.05) is 31.0 Å². The number of pyridine rings is 1. The highest BCUT2D eigenvalue weighted by Gasteiger charge is 2.41. The molecule has 5 rings (SSSR count). The van der Waals surface area contributed by atoms with E-state index >= 15 is 4.39 Å². The fourth-order valence-electron chi connectivity index (χ4n) is 4.89. The van der Waals surface area contributed by atoms with Crippen molar-refractivity contribution in [2.75, 3.05) is 12.4 Å². The molecule has 1 aliphatic rings. The molecule has 1 saturated carbocycles. The van der Waals surface area contributed by atoms with E-state index in [-0.39, 0.29) is 45.0 Å². The molecule has 0 saturated heterocycles. The van der Waals surface area contributed by atoms with Crippen LogP contribution in [0.25, 0.3) is 22.4 Å². The highest BCUT2D eigenvalue weighted by Crippen LogP contribution is 2.45. The fourth-order valence-corrected chi connectivity index (χ4v) is 6.40. The minimum Gasteiger partial charge on any atom is -0.469 e. The highest BCUT2D eigenvalue weighted by molar-refractivity contribution is 7.91. The second kappa shape index (κ2) is 9.99. The molecule has 0 radical (unpaired) electrons. The minimum atomic E-state index is -4.31. The van der Waals surface area contributed by atoms with Gasteiger partial charge in [0.15, 0.2) is 23.3 Å². The molecule has 1 fully saturated rings. The van der Waals surface area contributed by atoms with Crippen LogP contribution >= 0.6 is 0 Å². The van der Waals surface area contributed by atoms with Gasteiger partial charge in [-0.15, -0.1) is 0 Å². The van der Waals surface area contributed by atoms with Gasteiger partial charge in [0.2, 0.25) is 9.84 Å². The lowest BCUT2D eigenvalue weighted by molar-refractivity contribution is -0.141. The van der Waals surface area contributed by atoms with Crippen molar-refractivity contribution >= 4 is 32.7 Å². The van der Waals surface area contributed by atoms with Gasteiger partial charge in [-0.2, -0.15) is 0 Å². The van der Waals surface area contributed by atoms with Crippen LogP contribution in [0.1, 0.15) is 38.2 Å². The van der Waals surface area contributed by atoms with Crippen LogP contribution in [0.3, 0.4) is 0 Å². The average molecular weight is 556 g/mol. The molecular weight excluding hydrogens is 528 g/mol. The lowest BCUT2D eigenvalue weighted by atomic mass is 9.64. The summed E-state index contributed by atoms with van der Waals surface area (Å²) in [5, 5.41) is 3.00. The van der Waals surface area contributed by atoms with E-state index in [0.717, 1.165) is 37.2 Å². The largest absolute Gasteiger partial charge is 0.469 e. The first-order valence-electron chi connectivity index (χ1n) is 12.4. The zero-order chi connectivity index (χ0) is 27.9. The number of esters is 1. The third-order valence-corrected chi connectivity index (χ3v) is 9.27. The maximum absolute atomic E-state index is 15.2. The molecule has 3 aromatic heterocycles. The Balaban J connectivity index is 1.61. The summed E-state index contributed by atoms with van der Waals surface area (Å²) in [6.07, 6.45) is 5.86. The van der Waals surface area contributed by atoms with Crippen LogP contribution in [-0.4, -0.2) is 47.5 Å². The van der Waals surface area contributed by atoms with Crippen molar-refractivity contribution < 1.29 is 26.7 Å². The minimum absolute atomic E-state index is 0.00688. The number of halogens is 2. The van der Waals surface area contributed by atoms with E-state index in [4.69, 9.17) is 4.74 Å². The Bertz CT molecular complexity index is 1670. The molecule has 0 amide bonds. The predicted octanol–water partition coefficient (Wildman–Crippen LogP) is 4.97. The van der Waals surface area contributed by atoms with Crippen molar-refractivity contribution in [2.45, 2.75) is 55.4 Å². The number of methoxy groups -OCH3 is 1. The third kappa shape index (κ3) is 4.84. The number of fused-ring (bicyclic) bond motifs is 1. The van der Waals surface area contributed by atoms with Crippen molar-refractivity contribution in [1.29, 1.82) is 0 Å². The maximum atomic E-state index is 15.2. The van der Waals surface area contributed by atoms with Gasteiger partial charge in [-0.3, -0.25) is 4.79 Å². The van der Waals surface area contributed by atoms with E-state index in [1.807, 2.05) is 13.8 Å². The number of carbonyl (C=O) groups excluding carboxylic acids is 1. The number of aromatic nitrogens is 4. The van der Waals surface area contributed by atoms with Gasteiger partial charge < -0.3 is 15.0 Å². The maximum Gasteiger partial charge on any atom is 0.307 e. The number of rotatable bonds is 8. The summed E-state index contributed by atoms with van der Waals surface area (Å²) in [6.45, 7) is 3.82. The van der Waals surface area contributed by atoms with E-state index in [0.29, 0.717) is 0 Å². The lowest BCUT2D eigenvalue weighted by Crippen LogP contribution is -2.45. The van der Waals surface area contributed by atoms with Crippen molar-refractivity contribution in [1.82, 2.24) is 19.9 Å². The molecule has 9 nitrogen and oxygen atoms in total. The first-order chi connectivity index (χ1) is 18.5. The molecule has 12 heteroatoms. The number of carbonyl (C=O) groups is 1. The van der Waals surface area contributed by atoms with Crippen molar-refractivity contribution in [3.05, 3.63) is 60.1 Å². The molecule has 0 spiro atoms. The van der Waals surface area contributed by atoms with Gasteiger partial charge >= 0.3 is 5.97 Å². The van der Waals surface area contributed by atoms with Crippen molar-refractivity contribution in [3.63, 3.8) is 0 Å². The molecule has 0 aliphatic heterocycles. The summed E-state index contributed by atoms with van der Waals surface area (Å²) in [4.78, 5) is 26.7. The Hall–Kier alpha value is -3.93. The van der Waals surface area contributed by atoms with E-state index in [9.17, 15) is 17.6 Å². The van der Waals surface area contributed by atoms with Crippen LogP contribution in [0.15, 0.2) is 52.6 Å². The summed E-state index contributed by atoms with van der Waals surface area (Å²) in [5.74, 6) is -2.45. The molecule has 1 aromatic carbocycles. The van der Waals surface area contributed by atoms with E-state index in [2.05, 4.69) is 25.3 Å². The van der Waals surface area contributed by atoms with Crippen LogP contribution in [-0.2, 0) is 19.4 Å².